The summed E-state index contributed by atoms with van der Waals surface area (Å²) in [6.07, 6.45) is 0.333. The minimum atomic E-state index is -0.971. The van der Waals surface area contributed by atoms with Crippen molar-refractivity contribution in [1.82, 2.24) is 25.4 Å². The maximum atomic E-state index is 14.6. The first-order valence-electron chi connectivity index (χ1n) is 23.1. The third kappa shape index (κ3) is 17.5. The highest BCUT2D eigenvalue weighted by Crippen LogP contribution is 2.35. The molecule has 0 radical (unpaired) electrons. The molecule has 1 aliphatic rings. The number of hydrogen-bond donors (Lipinski definition) is 3. The van der Waals surface area contributed by atoms with Crippen LogP contribution in [0.25, 0.3) is 0 Å². The van der Waals surface area contributed by atoms with Crippen LogP contribution >= 0.6 is 34.9 Å². The number of Topliss-reactive ketones (excluding diaryl/α,β-unsaturated/α-hetero) is 2. The average Bonchev–Trinajstić information content (AvgIpc) is 4.00. The van der Waals surface area contributed by atoms with Crippen molar-refractivity contribution in [2.45, 2.75) is 131 Å². The van der Waals surface area contributed by atoms with Gasteiger partial charge in [-0.15, -0.1) is 34.9 Å². The lowest BCUT2D eigenvalue weighted by atomic mass is 9.82. The molecule has 67 heavy (non-hydrogen) atoms. The maximum absolute atomic E-state index is 14.6. The van der Waals surface area contributed by atoms with Crippen LogP contribution in [0.4, 0.5) is 0 Å². The van der Waals surface area contributed by atoms with E-state index >= 15 is 0 Å². The second-order valence-electron chi connectivity index (χ2n) is 18.3. The molecule has 1 aromatic carbocycles. The van der Waals surface area contributed by atoms with E-state index in [2.05, 4.69) is 15.6 Å². The largest absolute Gasteiger partial charge is 0.481 e. The lowest BCUT2D eigenvalue weighted by molar-refractivity contribution is -0.150. The predicted octanol–water partition coefficient (Wildman–Crippen LogP) is 7.56. The number of nitrogens with zero attached hydrogens (tertiary/aromatic N) is 3. The molecule has 2 aromatic rings. The fraction of sp³-hybridized carbons (Fsp3) is 0.612. The van der Waals surface area contributed by atoms with Crippen molar-refractivity contribution < 1.29 is 48.2 Å². The number of amides is 4. The van der Waals surface area contributed by atoms with E-state index < -0.39 is 59.8 Å². The Kier molecular flexibility index (Phi) is 23.3. The molecule has 15 nitrogen and oxygen atoms in total. The molecule has 3 rings (SSSR count). The van der Waals surface area contributed by atoms with E-state index in [-0.39, 0.29) is 91.4 Å². The molecule has 0 spiro atoms. The summed E-state index contributed by atoms with van der Waals surface area (Å²) in [5, 5.41) is 19.8. The molecule has 370 valence electrons. The summed E-state index contributed by atoms with van der Waals surface area (Å²) < 4.78 is 5.81. The van der Waals surface area contributed by atoms with Gasteiger partial charge < -0.3 is 30.3 Å². The van der Waals surface area contributed by atoms with E-state index in [1.54, 1.807) is 50.0 Å². The monoisotopic (exact) mass is 985 g/mol. The number of allylic oxidation sites excluding steroid dienone is 1. The van der Waals surface area contributed by atoms with Gasteiger partial charge in [0, 0.05) is 87.6 Å². The number of carbonyl (C=O) groups is 8. The molecule has 0 bridgehead atoms. The Labute approximate surface area is 408 Å². The highest BCUT2D eigenvalue weighted by atomic mass is 32.2. The molecule has 8 atom stereocenters. The Morgan fingerprint density at radius 2 is 1.55 bits per heavy atom. The number of carbonyl (C=O) groups excluding carboxylic acids is 7. The quantitative estimate of drug-likeness (QED) is 0.0705. The number of esters is 1. The number of carboxylic acid groups (broad SMARTS) is 1. The molecule has 0 saturated carbocycles. The number of benzene rings is 1. The second kappa shape index (κ2) is 27.4. The van der Waals surface area contributed by atoms with Crippen LogP contribution in [0, 0.1) is 35.5 Å². The van der Waals surface area contributed by atoms with E-state index in [9.17, 15) is 43.5 Å². The van der Waals surface area contributed by atoms with Crippen molar-refractivity contribution in [2.75, 3.05) is 25.7 Å². The highest BCUT2D eigenvalue weighted by Gasteiger charge is 2.39. The van der Waals surface area contributed by atoms with Crippen LogP contribution in [0.1, 0.15) is 128 Å². The molecular weight excluding hydrogens is 915 g/mol. The minimum absolute atomic E-state index is 0.0369. The summed E-state index contributed by atoms with van der Waals surface area (Å²) >= 11 is 4.15. The molecule has 2 unspecified atom stereocenters. The van der Waals surface area contributed by atoms with Gasteiger partial charge in [0.25, 0.3) is 5.91 Å². The van der Waals surface area contributed by atoms with Crippen LogP contribution in [0.15, 0.2) is 46.0 Å². The van der Waals surface area contributed by atoms with Crippen LogP contribution in [-0.2, 0) is 44.7 Å². The minimum Gasteiger partial charge on any atom is -0.481 e. The van der Waals surface area contributed by atoms with Gasteiger partial charge in [0.1, 0.15) is 10.7 Å². The van der Waals surface area contributed by atoms with Gasteiger partial charge in [-0.1, -0.05) is 92.1 Å². The van der Waals surface area contributed by atoms with Crippen LogP contribution < -0.4 is 10.6 Å². The lowest BCUT2D eigenvalue weighted by Crippen LogP contribution is -2.49. The van der Waals surface area contributed by atoms with E-state index in [0.717, 1.165) is 22.0 Å². The summed E-state index contributed by atoms with van der Waals surface area (Å²) in [4.78, 5) is 114. The summed E-state index contributed by atoms with van der Waals surface area (Å²) in [5.41, 5.74) is 1.02. The van der Waals surface area contributed by atoms with E-state index in [4.69, 9.17) is 4.74 Å². The van der Waals surface area contributed by atoms with Gasteiger partial charge in [0.15, 0.2) is 17.7 Å². The predicted molar refractivity (Wildman–Crippen MR) is 264 cm³/mol. The van der Waals surface area contributed by atoms with E-state index in [0.29, 0.717) is 22.8 Å². The number of likely N-dealkylation sites (N-methyl/N-ethyl adjacent to an activating group) is 1. The number of ketones is 2. The standard InChI is InChI=1S/C49H71N5O10S3/c1-12-30(6)36(23-40(57)44(29(4)5)54(11)43(58)18-19-50-45(59)31(7)21-39(56)42-26-65-27-67-42)48(61)53(10)38(28(2)3)24-41(64-33(9)55)47-52-37(25-66-47)46(60)51-35(20-32(8)49(62)63)22-34-16-14-13-15-17-34/h13-17,25-26,28-32,35-36,38,41,44H,12,18-24,27H2,1-11H3,(H,50,59)(H,51,60)(H,62,63)/t30-,31?,32?,35+,36-,38+,41+,44-/m0/s1. The van der Waals surface area contributed by atoms with Crippen LogP contribution in [0.2, 0.25) is 0 Å². The van der Waals surface area contributed by atoms with E-state index in [1.807, 2.05) is 77.3 Å². The fourth-order valence-corrected chi connectivity index (χ4v) is 11.1. The van der Waals surface area contributed by atoms with Crippen molar-refractivity contribution in [1.29, 1.82) is 0 Å². The van der Waals surface area contributed by atoms with Crippen LogP contribution in [-0.4, -0.2) is 111 Å². The number of ether oxygens (including phenoxy) is 1. The summed E-state index contributed by atoms with van der Waals surface area (Å²) in [6, 6.07) is 7.61. The third-order valence-corrected chi connectivity index (χ3v) is 15.5. The van der Waals surface area contributed by atoms with Gasteiger partial charge in [-0.05, 0) is 41.6 Å². The van der Waals surface area contributed by atoms with Crippen molar-refractivity contribution >= 4 is 82.0 Å². The number of carboxylic acids is 1. The Morgan fingerprint density at radius 3 is 2.12 bits per heavy atom. The zero-order chi connectivity index (χ0) is 50.1. The average molecular weight is 986 g/mol. The zero-order valence-electron chi connectivity index (χ0n) is 40.9. The molecule has 3 N–H and O–H groups in total. The molecule has 2 heterocycles. The highest BCUT2D eigenvalue weighted by molar-refractivity contribution is 8.22. The molecule has 0 saturated heterocycles. The van der Waals surface area contributed by atoms with Crippen molar-refractivity contribution in [3.05, 3.63) is 62.3 Å². The van der Waals surface area contributed by atoms with Gasteiger partial charge in [-0.3, -0.25) is 38.4 Å². The smallest absolute Gasteiger partial charge is 0.306 e. The SMILES string of the molecule is CC[C@H](C)[C@H](CC(=O)[C@H](C(C)C)N(C)C(=O)CCNC(=O)C(C)CC(=O)C1=CSCS1)C(=O)N(C)[C@H](C[C@@H](OC(C)=O)c1nc(C(=O)N[C@@H](Cc2ccccc2)CC(C)C(=O)O)cs1)C(C)C. The fourth-order valence-electron chi connectivity index (χ4n) is 8.19. The first-order valence-corrected chi connectivity index (χ1v) is 26.0. The Bertz CT molecular complexity index is 2060. The number of aliphatic carboxylic acids is 1. The molecule has 18 heteroatoms. The molecule has 0 fully saturated rings. The first kappa shape index (κ1) is 56.8. The molecule has 1 aromatic heterocycles. The van der Waals surface area contributed by atoms with Gasteiger partial charge in [-0.2, -0.15) is 0 Å². The van der Waals surface area contributed by atoms with Gasteiger partial charge in [0.2, 0.25) is 17.7 Å². The number of rotatable bonds is 28. The van der Waals surface area contributed by atoms with Crippen molar-refractivity contribution in [3.63, 3.8) is 0 Å². The van der Waals surface area contributed by atoms with Crippen molar-refractivity contribution in [3.8, 4) is 0 Å². The molecular formula is C49H71N5O10S3. The molecule has 4 amide bonds. The topological polar surface area (TPSA) is 209 Å². The number of hydrogen-bond acceptors (Lipinski definition) is 13. The first-order chi connectivity index (χ1) is 31.5. The van der Waals surface area contributed by atoms with Gasteiger partial charge in [-0.25, -0.2) is 4.98 Å². The third-order valence-electron chi connectivity index (χ3n) is 12.3. The summed E-state index contributed by atoms with van der Waals surface area (Å²) in [5.74, 6) is -5.98. The second-order valence-corrected chi connectivity index (χ2v) is 21.5. The lowest BCUT2D eigenvalue weighted by Gasteiger charge is -2.37. The van der Waals surface area contributed by atoms with Gasteiger partial charge in [0.05, 0.1) is 16.9 Å². The Hall–Kier alpha value is -4.55. The zero-order valence-corrected chi connectivity index (χ0v) is 43.3. The van der Waals surface area contributed by atoms with Gasteiger partial charge >= 0.3 is 11.9 Å². The van der Waals surface area contributed by atoms with Crippen molar-refractivity contribution in [2.24, 2.45) is 35.5 Å². The van der Waals surface area contributed by atoms with E-state index in [1.165, 1.54) is 23.6 Å². The van der Waals surface area contributed by atoms with Crippen LogP contribution in [0.3, 0.4) is 0 Å². The Balaban J connectivity index is 1.74. The van der Waals surface area contributed by atoms with Crippen LogP contribution in [0.5, 0.6) is 0 Å². The number of aromatic nitrogens is 1. The molecule has 0 aliphatic carbocycles. The number of thiazole rings is 1. The molecule has 1 aliphatic heterocycles. The summed E-state index contributed by atoms with van der Waals surface area (Å²) in [7, 11) is 3.24. The summed E-state index contributed by atoms with van der Waals surface area (Å²) in [6.45, 7) is 16.0. The number of thioether (sulfide) groups is 2. The Morgan fingerprint density at radius 1 is 0.881 bits per heavy atom. The maximum Gasteiger partial charge on any atom is 0.306 e. The normalized spacial score (nSPS) is 16.1. The number of nitrogens with one attached hydrogen (secondary N) is 2.